The summed E-state index contributed by atoms with van der Waals surface area (Å²) < 4.78 is 21.8. The molecule has 4 aromatic rings. The first-order valence-electron chi connectivity index (χ1n) is 10.2. The Balaban J connectivity index is 1.73. The van der Waals surface area contributed by atoms with Crippen LogP contribution in [0.2, 0.25) is 0 Å². The summed E-state index contributed by atoms with van der Waals surface area (Å²) in [6.07, 6.45) is 3.58. The molecule has 3 aromatic heterocycles. The lowest BCUT2D eigenvalue weighted by molar-refractivity contribution is 0.0981. The summed E-state index contributed by atoms with van der Waals surface area (Å²) in [5.74, 6) is 0.315. The number of morpholine rings is 1. The molecule has 0 aliphatic carbocycles. The van der Waals surface area contributed by atoms with E-state index in [1.165, 1.54) is 12.1 Å². The molecule has 1 aliphatic heterocycles. The number of halogens is 1. The number of H-pyrrole nitrogens is 1. The minimum atomic E-state index is -0.306. The highest BCUT2D eigenvalue weighted by Gasteiger charge is 2.24. The number of aryl methyl sites for hydroxylation is 1. The van der Waals surface area contributed by atoms with Gasteiger partial charge in [-0.15, -0.1) is 0 Å². The summed E-state index contributed by atoms with van der Waals surface area (Å²) in [7, 11) is 0. The first-order chi connectivity index (χ1) is 14.6. The molecular weight excluding hydrogens is 383 g/mol. The summed E-state index contributed by atoms with van der Waals surface area (Å²) in [6, 6.07) is 8.99. The summed E-state index contributed by atoms with van der Waals surface area (Å²) in [4.78, 5) is 15.0. The van der Waals surface area contributed by atoms with Crippen molar-refractivity contribution in [3.05, 3.63) is 48.5 Å². The normalized spacial score (nSPS) is 17.0. The van der Waals surface area contributed by atoms with E-state index in [4.69, 9.17) is 14.7 Å². The standard InChI is InChI=1S/C22H23FN6O/c1-3-29-21(5-7-25-29)20-12-19(17-10-15(23)11-18-16(17)4-6-24-18)26-22(27-20)28-8-9-30-13-14(28)2/h4-7,10-12,14,24H,3,8-9,13H2,1-2H3. The van der Waals surface area contributed by atoms with Gasteiger partial charge in [-0.2, -0.15) is 5.10 Å². The van der Waals surface area contributed by atoms with Crippen LogP contribution in [0.4, 0.5) is 10.3 Å². The Hall–Kier alpha value is -3.26. The number of anilines is 1. The highest BCUT2D eigenvalue weighted by atomic mass is 19.1. The Bertz CT molecular complexity index is 1200. The van der Waals surface area contributed by atoms with Crippen LogP contribution in [0.5, 0.6) is 0 Å². The number of aromatic nitrogens is 5. The van der Waals surface area contributed by atoms with Gasteiger partial charge in [0.05, 0.1) is 36.3 Å². The highest BCUT2D eigenvalue weighted by Crippen LogP contribution is 2.32. The van der Waals surface area contributed by atoms with Gasteiger partial charge in [-0.1, -0.05) is 0 Å². The maximum absolute atomic E-state index is 14.4. The van der Waals surface area contributed by atoms with Crippen LogP contribution in [0, 0.1) is 5.82 Å². The van der Waals surface area contributed by atoms with Gasteiger partial charge in [-0.3, -0.25) is 4.68 Å². The van der Waals surface area contributed by atoms with E-state index in [-0.39, 0.29) is 11.9 Å². The quantitative estimate of drug-likeness (QED) is 0.557. The van der Waals surface area contributed by atoms with Crippen molar-refractivity contribution in [1.82, 2.24) is 24.7 Å². The molecule has 1 saturated heterocycles. The van der Waals surface area contributed by atoms with Crippen molar-refractivity contribution in [2.24, 2.45) is 0 Å². The number of ether oxygens (including phenoxy) is 1. The predicted octanol–water partition coefficient (Wildman–Crippen LogP) is 3.87. The molecule has 1 N–H and O–H groups in total. The van der Waals surface area contributed by atoms with Crippen LogP contribution in [0.25, 0.3) is 33.5 Å². The summed E-state index contributed by atoms with van der Waals surface area (Å²) in [5.41, 5.74) is 3.83. The zero-order valence-electron chi connectivity index (χ0n) is 17.0. The molecule has 1 fully saturated rings. The fourth-order valence-corrected chi connectivity index (χ4v) is 4.00. The first kappa shape index (κ1) is 18.7. The molecule has 4 heterocycles. The molecule has 7 nitrogen and oxygen atoms in total. The molecule has 0 radical (unpaired) electrons. The third kappa shape index (κ3) is 3.23. The van der Waals surface area contributed by atoms with E-state index in [0.717, 1.165) is 34.4 Å². The number of rotatable bonds is 4. The van der Waals surface area contributed by atoms with Crippen LogP contribution >= 0.6 is 0 Å². The number of hydrogen-bond acceptors (Lipinski definition) is 5. The first-order valence-corrected chi connectivity index (χ1v) is 10.2. The molecule has 1 aliphatic rings. The van der Waals surface area contributed by atoms with Gasteiger partial charge < -0.3 is 14.6 Å². The maximum atomic E-state index is 14.4. The highest BCUT2D eigenvalue weighted by molar-refractivity contribution is 5.94. The van der Waals surface area contributed by atoms with E-state index < -0.39 is 0 Å². The van der Waals surface area contributed by atoms with Gasteiger partial charge in [0, 0.05) is 41.9 Å². The van der Waals surface area contributed by atoms with Crippen molar-refractivity contribution in [2.45, 2.75) is 26.4 Å². The molecule has 0 spiro atoms. The van der Waals surface area contributed by atoms with E-state index in [9.17, 15) is 4.39 Å². The van der Waals surface area contributed by atoms with Crippen molar-refractivity contribution in [2.75, 3.05) is 24.7 Å². The second-order valence-corrected chi connectivity index (χ2v) is 7.48. The van der Waals surface area contributed by atoms with Gasteiger partial charge in [0.2, 0.25) is 5.95 Å². The van der Waals surface area contributed by atoms with Gasteiger partial charge in [0.1, 0.15) is 5.82 Å². The second-order valence-electron chi connectivity index (χ2n) is 7.48. The lowest BCUT2D eigenvalue weighted by atomic mass is 10.1. The fourth-order valence-electron chi connectivity index (χ4n) is 4.00. The number of fused-ring (bicyclic) bond motifs is 1. The molecule has 0 amide bonds. The Labute approximate surface area is 173 Å². The van der Waals surface area contributed by atoms with Crippen LogP contribution in [0.15, 0.2) is 42.7 Å². The summed E-state index contributed by atoms with van der Waals surface area (Å²) in [6.45, 7) is 6.82. The van der Waals surface area contributed by atoms with Crippen LogP contribution in [0.3, 0.4) is 0 Å². The molecule has 0 saturated carbocycles. The fraction of sp³-hybridized carbons (Fsp3) is 0.318. The molecule has 5 rings (SSSR count). The average Bonchev–Trinajstić information content (AvgIpc) is 3.42. The van der Waals surface area contributed by atoms with Crippen LogP contribution < -0.4 is 4.90 Å². The van der Waals surface area contributed by atoms with E-state index in [1.54, 1.807) is 6.20 Å². The molecule has 154 valence electrons. The number of nitrogens with one attached hydrogen (secondary N) is 1. The number of aromatic amines is 1. The average molecular weight is 406 g/mol. The number of hydrogen-bond donors (Lipinski definition) is 1. The maximum Gasteiger partial charge on any atom is 0.226 e. The number of benzene rings is 1. The zero-order valence-corrected chi connectivity index (χ0v) is 17.0. The molecule has 1 unspecified atom stereocenters. The van der Waals surface area contributed by atoms with E-state index in [2.05, 4.69) is 21.9 Å². The minimum Gasteiger partial charge on any atom is -0.377 e. The molecular formula is C22H23FN6O. The van der Waals surface area contributed by atoms with Gasteiger partial charge in [-0.05, 0) is 44.2 Å². The van der Waals surface area contributed by atoms with E-state index >= 15 is 0 Å². The molecule has 1 atom stereocenters. The SMILES string of the molecule is CCn1nccc1-c1cc(-c2cc(F)cc3[nH]ccc23)nc(N2CCOCC2C)n1. The summed E-state index contributed by atoms with van der Waals surface area (Å²) in [5, 5.41) is 5.31. The van der Waals surface area contributed by atoms with Crippen molar-refractivity contribution in [3.8, 4) is 22.6 Å². The Kier molecular flexibility index (Phi) is 4.71. The van der Waals surface area contributed by atoms with Crippen molar-refractivity contribution < 1.29 is 9.13 Å². The van der Waals surface area contributed by atoms with Gasteiger partial charge >= 0.3 is 0 Å². The molecule has 30 heavy (non-hydrogen) atoms. The third-order valence-corrected chi connectivity index (χ3v) is 5.53. The molecule has 8 heteroatoms. The van der Waals surface area contributed by atoms with Crippen molar-refractivity contribution in [1.29, 1.82) is 0 Å². The Morgan fingerprint density at radius 1 is 1.20 bits per heavy atom. The van der Waals surface area contributed by atoms with E-state index in [1.807, 2.05) is 36.0 Å². The zero-order chi connectivity index (χ0) is 20.7. The largest absolute Gasteiger partial charge is 0.377 e. The minimum absolute atomic E-state index is 0.151. The van der Waals surface area contributed by atoms with Crippen LogP contribution in [0.1, 0.15) is 13.8 Å². The van der Waals surface area contributed by atoms with Gasteiger partial charge in [0.25, 0.3) is 0 Å². The lowest BCUT2D eigenvalue weighted by Gasteiger charge is -2.33. The molecule has 0 bridgehead atoms. The Morgan fingerprint density at radius 2 is 2.07 bits per heavy atom. The topological polar surface area (TPSA) is 71.9 Å². The van der Waals surface area contributed by atoms with Gasteiger partial charge in [-0.25, -0.2) is 14.4 Å². The molecule has 1 aromatic carbocycles. The van der Waals surface area contributed by atoms with Crippen molar-refractivity contribution in [3.63, 3.8) is 0 Å². The monoisotopic (exact) mass is 406 g/mol. The second kappa shape index (κ2) is 7.53. The predicted molar refractivity (Wildman–Crippen MR) is 114 cm³/mol. The van der Waals surface area contributed by atoms with E-state index in [0.29, 0.717) is 31.4 Å². The van der Waals surface area contributed by atoms with Gasteiger partial charge in [0.15, 0.2) is 0 Å². The lowest BCUT2D eigenvalue weighted by Crippen LogP contribution is -2.44. The number of nitrogens with zero attached hydrogens (tertiary/aromatic N) is 5. The van der Waals surface area contributed by atoms with Crippen molar-refractivity contribution >= 4 is 16.9 Å². The van der Waals surface area contributed by atoms with Crippen LogP contribution in [-0.4, -0.2) is 50.5 Å². The Morgan fingerprint density at radius 3 is 2.90 bits per heavy atom. The summed E-state index contributed by atoms with van der Waals surface area (Å²) >= 11 is 0. The smallest absolute Gasteiger partial charge is 0.226 e. The third-order valence-electron chi connectivity index (χ3n) is 5.53. The van der Waals surface area contributed by atoms with Crippen LogP contribution in [-0.2, 0) is 11.3 Å².